The summed E-state index contributed by atoms with van der Waals surface area (Å²) < 4.78 is 25.2. The van der Waals surface area contributed by atoms with Crippen LogP contribution in [-0.2, 0) is 6.61 Å². The summed E-state index contributed by atoms with van der Waals surface area (Å²) >= 11 is 3.35. The molecule has 0 bridgehead atoms. The Morgan fingerprint density at radius 1 is 1.30 bits per heavy atom. The second-order valence-corrected chi connectivity index (χ2v) is 4.94. The summed E-state index contributed by atoms with van der Waals surface area (Å²) in [5.74, 6) is 0.0188. The summed E-state index contributed by atoms with van der Waals surface area (Å²) in [6, 6.07) is 9.66. The summed E-state index contributed by atoms with van der Waals surface area (Å²) in [6.45, 7) is 0.102. The van der Waals surface area contributed by atoms with Crippen molar-refractivity contribution in [2.24, 2.45) is 0 Å². The molecular formula is C15H12BrFO3. The van der Waals surface area contributed by atoms with Crippen molar-refractivity contribution >= 4 is 22.2 Å². The van der Waals surface area contributed by atoms with E-state index in [4.69, 9.17) is 9.47 Å². The number of carbonyl (C=O) groups excluding carboxylic acids is 1. The molecule has 0 aliphatic heterocycles. The summed E-state index contributed by atoms with van der Waals surface area (Å²) in [4.78, 5) is 10.9. The highest BCUT2D eigenvalue weighted by molar-refractivity contribution is 9.10. The summed E-state index contributed by atoms with van der Waals surface area (Å²) in [5, 5.41) is 0. The SMILES string of the molecule is COc1ccc(Br)cc1COc1c(F)cccc1C=O. The lowest BCUT2D eigenvalue weighted by Gasteiger charge is -2.12. The Labute approximate surface area is 124 Å². The second kappa shape index (κ2) is 6.52. The predicted octanol–water partition coefficient (Wildman–Crippen LogP) is 3.99. The van der Waals surface area contributed by atoms with E-state index in [1.807, 2.05) is 12.1 Å². The van der Waals surface area contributed by atoms with Crippen LogP contribution in [-0.4, -0.2) is 13.4 Å². The molecule has 2 aromatic carbocycles. The Kier molecular flexibility index (Phi) is 4.74. The van der Waals surface area contributed by atoms with Crippen LogP contribution < -0.4 is 9.47 Å². The molecule has 0 aliphatic carbocycles. The number of para-hydroxylation sites is 1. The van der Waals surface area contributed by atoms with Crippen molar-refractivity contribution in [1.29, 1.82) is 0 Å². The molecule has 2 aromatic rings. The maximum absolute atomic E-state index is 13.7. The number of methoxy groups -OCH3 is 1. The average Bonchev–Trinajstić information content (AvgIpc) is 2.46. The van der Waals surface area contributed by atoms with Gasteiger partial charge in [0.1, 0.15) is 12.4 Å². The minimum atomic E-state index is -0.566. The van der Waals surface area contributed by atoms with Gasteiger partial charge in [0.05, 0.1) is 12.7 Å². The number of carbonyl (C=O) groups is 1. The summed E-state index contributed by atoms with van der Waals surface area (Å²) in [6.07, 6.45) is 0.566. The van der Waals surface area contributed by atoms with Crippen molar-refractivity contribution in [3.05, 3.63) is 57.8 Å². The molecule has 5 heteroatoms. The topological polar surface area (TPSA) is 35.5 Å². The summed E-state index contributed by atoms with van der Waals surface area (Å²) in [5.41, 5.74) is 0.931. The van der Waals surface area contributed by atoms with Gasteiger partial charge in [0.2, 0.25) is 0 Å². The van der Waals surface area contributed by atoms with Gasteiger partial charge in [-0.3, -0.25) is 4.79 Å². The van der Waals surface area contributed by atoms with Crippen LogP contribution in [0.1, 0.15) is 15.9 Å². The summed E-state index contributed by atoms with van der Waals surface area (Å²) in [7, 11) is 1.55. The molecule has 0 aromatic heterocycles. The van der Waals surface area contributed by atoms with E-state index in [1.165, 1.54) is 18.2 Å². The van der Waals surface area contributed by atoms with Crippen LogP contribution in [0.2, 0.25) is 0 Å². The first-order valence-corrected chi connectivity index (χ1v) is 6.64. The van der Waals surface area contributed by atoms with Gasteiger partial charge in [-0.05, 0) is 30.3 Å². The lowest BCUT2D eigenvalue weighted by molar-refractivity contribution is 0.111. The number of aldehydes is 1. The zero-order chi connectivity index (χ0) is 14.5. The van der Waals surface area contributed by atoms with E-state index in [2.05, 4.69) is 15.9 Å². The van der Waals surface area contributed by atoms with Crippen LogP contribution in [0.5, 0.6) is 11.5 Å². The Hall–Kier alpha value is -1.88. The minimum absolute atomic E-state index is 0.0514. The van der Waals surface area contributed by atoms with E-state index in [9.17, 15) is 9.18 Å². The predicted molar refractivity (Wildman–Crippen MR) is 76.8 cm³/mol. The van der Waals surface area contributed by atoms with Crippen LogP contribution in [0, 0.1) is 5.82 Å². The zero-order valence-electron chi connectivity index (χ0n) is 10.7. The lowest BCUT2D eigenvalue weighted by Crippen LogP contribution is -2.02. The van der Waals surface area contributed by atoms with Gasteiger partial charge in [0.25, 0.3) is 0 Å². The first-order valence-electron chi connectivity index (χ1n) is 5.84. The Morgan fingerprint density at radius 3 is 2.80 bits per heavy atom. The van der Waals surface area contributed by atoms with Crippen molar-refractivity contribution in [2.75, 3.05) is 7.11 Å². The van der Waals surface area contributed by atoms with Gasteiger partial charge in [-0.2, -0.15) is 0 Å². The third-order valence-corrected chi connectivity index (χ3v) is 3.23. The van der Waals surface area contributed by atoms with Crippen molar-refractivity contribution in [3.63, 3.8) is 0 Å². The molecule has 0 fully saturated rings. The largest absolute Gasteiger partial charge is 0.496 e. The number of benzene rings is 2. The maximum Gasteiger partial charge on any atom is 0.165 e. The van der Waals surface area contributed by atoms with Gasteiger partial charge in [0.15, 0.2) is 17.9 Å². The molecular weight excluding hydrogens is 327 g/mol. The standard InChI is InChI=1S/C15H12BrFO3/c1-19-14-6-5-12(16)7-11(14)9-20-15-10(8-18)3-2-4-13(15)17/h2-8H,9H2,1H3. The van der Waals surface area contributed by atoms with E-state index in [1.54, 1.807) is 13.2 Å². The van der Waals surface area contributed by atoms with Crippen molar-refractivity contribution in [3.8, 4) is 11.5 Å². The fourth-order valence-electron chi connectivity index (χ4n) is 1.78. The van der Waals surface area contributed by atoms with Crippen LogP contribution in [0.25, 0.3) is 0 Å². The van der Waals surface area contributed by atoms with E-state index in [-0.39, 0.29) is 17.9 Å². The smallest absolute Gasteiger partial charge is 0.165 e. The Bertz CT molecular complexity index is 629. The van der Waals surface area contributed by atoms with Crippen molar-refractivity contribution in [1.82, 2.24) is 0 Å². The Balaban J connectivity index is 2.25. The van der Waals surface area contributed by atoms with Gasteiger partial charge < -0.3 is 9.47 Å². The third-order valence-electron chi connectivity index (χ3n) is 2.74. The van der Waals surface area contributed by atoms with E-state index >= 15 is 0 Å². The fourth-order valence-corrected chi connectivity index (χ4v) is 2.19. The average molecular weight is 339 g/mol. The van der Waals surface area contributed by atoms with Crippen LogP contribution in [0.4, 0.5) is 4.39 Å². The molecule has 2 rings (SSSR count). The molecule has 104 valence electrons. The first kappa shape index (κ1) is 14.5. The minimum Gasteiger partial charge on any atom is -0.496 e. The molecule has 0 aliphatic rings. The molecule has 0 heterocycles. The normalized spacial score (nSPS) is 10.2. The maximum atomic E-state index is 13.7. The number of halogens is 2. The van der Waals surface area contributed by atoms with Crippen LogP contribution >= 0.6 is 15.9 Å². The molecule has 0 atom stereocenters. The van der Waals surface area contributed by atoms with Gasteiger partial charge in [-0.25, -0.2) is 4.39 Å². The monoisotopic (exact) mass is 338 g/mol. The quantitative estimate of drug-likeness (QED) is 0.773. The molecule has 20 heavy (non-hydrogen) atoms. The molecule has 0 unspecified atom stereocenters. The zero-order valence-corrected chi connectivity index (χ0v) is 12.3. The number of ether oxygens (including phenoxy) is 2. The first-order chi connectivity index (χ1) is 9.65. The van der Waals surface area contributed by atoms with E-state index < -0.39 is 5.82 Å². The fraction of sp³-hybridized carbons (Fsp3) is 0.133. The van der Waals surface area contributed by atoms with E-state index in [0.29, 0.717) is 12.0 Å². The molecule has 0 saturated carbocycles. The van der Waals surface area contributed by atoms with Crippen molar-refractivity contribution < 1.29 is 18.7 Å². The molecule has 0 spiro atoms. The van der Waals surface area contributed by atoms with Gasteiger partial charge in [-0.1, -0.05) is 22.0 Å². The highest BCUT2D eigenvalue weighted by Crippen LogP contribution is 2.27. The number of hydrogen-bond acceptors (Lipinski definition) is 3. The van der Waals surface area contributed by atoms with Crippen molar-refractivity contribution in [2.45, 2.75) is 6.61 Å². The highest BCUT2D eigenvalue weighted by Gasteiger charge is 2.11. The van der Waals surface area contributed by atoms with E-state index in [0.717, 1.165) is 10.0 Å². The van der Waals surface area contributed by atoms with Gasteiger partial charge >= 0.3 is 0 Å². The number of hydrogen-bond donors (Lipinski definition) is 0. The molecule has 0 amide bonds. The second-order valence-electron chi connectivity index (χ2n) is 4.02. The Morgan fingerprint density at radius 2 is 2.10 bits per heavy atom. The third kappa shape index (κ3) is 3.17. The highest BCUT2D eigenvalue weighted by atomic mass is 79.9. The number of rotatable bonds is 5. The van der Waals surface area contributed by atoms with Gasteiger partial charge in [0, 0.05) is 10.0 Å². The van der Waals surface area contributed by atoms with Crippen LogP contribution in [0.15, 0.2) is 40.9 Å². The van der Waals surface area contributed by atoms with Crippen LogP contribution in [0.3, 0.4) is 0 Å². The van der Waals surface area contributed by atoms with Gasteiger partial charge in [-0.15, -0.1) is 0 Å². The molecule has 0 saturated heterocycles. The molecule has 0 N–H and O–H groups in total. The molecule has 3 nitrogen and oxygen atoms in total. The molecule has 0 radical (unpaired) electrons. The lowest BCUT2D eigenvalue weighted by atomic mass is 10.2.